The number of halogens is 1. The highest BCUT2D eigenvalue weighted by atomic mass is 127. The molecule has 1 unspecified atom stereocenters. The van der Waals surface area contributed by atoms with Crippen LogP contribution in [0.25, 0.3) is 0 Å². The minimum absolute atomic E-state index is 0. The summed E-state index contributed by atoms with van der Waals surface area (Å²) >= 11 is 0. The first kappa shape index (κ1) is 22.3. The van der Waals surface area contributed by atoms with Crippen LogP contribution in [-0.2, 0) is 9.47 Å². The molecule has 0 aromatic rings. The molecule has 25 heavy (non-hydrogen) atoms. The Kier molecular flexibility index (Phi) is 9.26. The molecule has 0 saturated carbocycles. The molecule has 0 spiro atoms. The van der Waals surface area contributed by atoms with Crippen molar-refractivity contribution in [1.29, 1.82) is 0 Å². The standard InChI is InChI=1S/C17H32N4O3.HI/c1-17(2,3)24-16(22)20-9-10-21-14(13-20)12-19-15(21)18-8-6-5-7-11-23-4;/h14H,5-13H2,1-4H3,(H,18,19);1H. The Morgan fingerprint density at radius 3 is 2.72 bits per heavy atom. The number of aliphatic imine (C=N–C) groups is 1. The average Bonchev–Trinajstić information content (AvgIpc) is 2.91. The van der Waals surface area contributed by atoms with Gasteiger partial charge in [-0.1, -0.05) is 0 Å². The molecule has 0 aliphatic carbocycles. The van der Waals surface area contributed by atoms with Crippen LogP contribution >= 0.6 is 24.0 Å². The van der Waals surface area contributed by atoms with Crippen molar-refractivity contribution < 1.29 is 14.3 Å². The van der Waals surface area contributed by atoms with Crippen molar-refractivity contribution in [3.63, 3.8) is 0 Å². The van der Waals surface area contributed by atoms with Crippen LogP contribution in [0, 0.1) is 0 Å². The van der Waals surface area contributed by atoms with E-state index in [4.69, 9.17) is 9.47 Å². The summed E-state index contributed by atoms with van der Waals surface area (Å²) in [5.74, 6) is 0.982. The highest BCUT2D eigenvalue weighted by Gasteiger charge is 2.36. The summed E-state index contributed by atoms with van der Waals surface area (Å²) in [6.07, 6.45) is 3.15. The lowest BCUT2D eigenvalue weighted by Crippen LogP contribution is -2.57. The first-order valence-corrected chi connectivity index (χ1v) is 8.92. The number of fused-ring (bicyclic) bond motifs is 1. The number of hydrogen-bond acceptors (Lipinski definition) is 6. The summed E-state index contributed by atoms with van der Waals surface area (Å²) in [5, 5.41) is 3.44. The number of amides is 1. The predicted octanol–water partition coefficient (Wildman–Crippen LogP) is 2.30. The zero-order valence-electron chi connectivity index (χ0n) is 15.9. The van der Waals surface area contributed by atoms with E-state index in [2.05, 4.69) is 15.2 Å². The van der Waals surface area contributed by atoms with Gasteiger partial charge in [0.15, 0.2) is 5.96 Å². The Hall–Kier alpha value is -0.770. The van der Waals surface area contributed by atoms with E-state index < -0.39 is 5.60 Å². The molecule has 1 N–H and O–H groups in total. The van der Waals surface area contributed by atoms with Crippen LogP contribution in [0.5, 0.6) is 0 Å². The average molecular weight is 468 g/mol. The van der Waals surface area contributed by atoms with E-state index in [-0.39, 0.29) is 36.1 Å². The monoisotopic (exact) mass is 468 g/mol. The molecule has 0 radical (unpaired) electrons. The number of carbonyl (C=O) groups is 1. The van der Waals surface area contributed by atoms with Gasteiger partial charge >= 0.3 is 6.09 Å². The van der Waals surface area contributed by atoms with Crippen molar-refractivity contribution in [2.75, 3.05) is 46.4 Å². The van der Waals surface area contributed by atoms with Crippen LogP contribution in [0.3, 0.4) is 0 Å². The third-order valence-electron chi connectivity index (χ3n) is 4.17. The van der Waals surface area contributed by atoms with Crippen LogP contribution in [0.2, 0.25) is 0 Å². The quantitative estimate of drug-likeness (QED) is 0.479. The van der Waals surface area contributed by atoms with Gasteiger partial charge in [0.1, 0.15) is 5.60 Å². The van der Waals surface area contributed by atoms with Gasteiger partial charge in [-0.3, -0.25) is 4.99 Å². The van der Waals surface area contributed by atoms with Crippen LogP contribution in [0.1, 0.15) is 40.0 Å². The van der Waals surface area contributed by atoms with Gasteiger partial charge < -0.3 is 24.6 Å². The van der Waals surface area contributed by atoms with Crippen molar-refractivity contribution in [2.24, 2.45) is 4.99 Å². The van der Waals surface area contributed by atoms with Gasteiger partial charge in [0.2, 0.25) is 0 Å². The van der Waals surface area contributed by atoms with Gasteiger partial charge in [-0.15, -0.1) is 24.0 Å². The van der Waals surface area contributed by atoms with E-state index in [0.29, 0.717) is 13.1 Å². The smallest absolute Gasteiger partial charge is 0.410 e. The maximum Gasteiger partial charge on any atom is 0.410 e. The van der Waals surface area contributed by atoms with E-state index in [0.717, 1.165) is 51.5 Å². The fourth-order valence-electron chi connectivity index (χ4n) is 2.97. The Labute approximate surface area is 168 Å². The molecule has 1 amide bonds. The second-order valence-electron chi connectivity index (χ2n) is 7.42. The second kappa shape index (κ2) is 10.4. The summed E-state index contributed by atoms with van der Waals surface area (Å²) in [7, 11) is 1.74. The molecule has 2 aliphatic heterocycles. The Balaban J connectivity index is 0.00000312. The van der Waals surface area contributed by atoms with Crippen molar-refractivity contribution in [2.45, 2.75) is 51.7 Å². The number of unbranched alkanes of at least 4 members (excludes halogenated alkanes) is 2. The topological polar surface area (TPSA) is 66.4 Å². The summed E-state index contributed by atoms with van der Waals surface area (Å²) in [6, 6.07) is 0.266. The molecule has 8 heteroatoms. The SMILES string of the molecule is COCCCCCNC1=NCC2CN(C(=O)OC(C)(C)C)CCN12.I. The number of hydrogen-bond donors (Lipinski definition) is 1. The van der Waals surface area contributed by atoms with Crippen molar-refractivity contribution in [1.82, 2.24) is 15.1 Å². The maximum atomic E-state index is 12.2. The van der Waals surface area contributed by atoms with Gasteiger partial charge in [0.25, 0.3) is 0 Å². The van der Waals surface area contributed by atoms with E-state index >= 15 is 0 Å². The van der Waals surface area contributed by atoms with Crippen LogP contribution < -0.4 is 5.32 Å². The van der Waals surface area contributed by atoms with Crippen LogP contribution in [0.15, 0.2) is 4.99 Å². The minimum atomic E-state index is -0.448. The zero-order valence-corrected chi connectivity index (χ0v) is 18.2. The highest BCUT2D eigenvalue weighted by molar-refractivity contribution is 14.0. The van der Waals surface area contributed by atoms with Crippen LogP contribution in [-0.4, -0.2) is 79.9 Å². The Morgan fingerprint density at radius 2 is 2.04 bits per heavy atom. The minimum Gasteiger partial charge on any atom is -0.444 e. The van der Waals surface area contributed by atoms with Gasteiger partial charge in [0, 0.05) is 39.9 Å². The number of nitrogens with zero attached hydrogens (tertiary/aromatic N) is 3. The molecule has 2 rings (SSSR count). The van der Waals surface area contributed by atoms with Crippen molar-refractivity contribution >= 4 is 36.0 Å². The first-order valence-electron chi connectivity index (χ1n) is 8.92. The lowest BCUT2D eigenvalue weighted by Gasteiger charge is -2.39. The molecule has 0 bridgehead atoms. The van der Waals surface area contributed by atoms with E-state index in [9.17, 15) is 4.79 Å². The second-order valence-corrected chi connectivity index (χ2v) is 7.42. The van der Waals surface area contributed by atoms with Crippen molar-refractivity contribution in [3.8, 4) is 0 Å². The van der Waals surface area contributed by atoms with Gasteiger partial charge in [-0.05, 0) is 40.0 Å². The normalized spacial score (nSPS) is 19.8. The molecule has 2 aliphatic rings. The third-order valence-corrected chi connectivity index (χ3v) is 4.17. The summed E-state index contributed by atoms with van der Waals surface area (Å²) in [4.78, 5) is 20.9. The van der Waals surface area contributed by atoms with Gasteiger partial charge in [-0.25, -0.2) is 4.79 Å². The molecule has 146 valence electrons. The molecular formula is C17H33IN4O3. The number of piperazine rings is 1. The summed E-state index contributed by atoms with van der Waals surface area (Å²) in [5.41, 5.74) is -0.448. The molecule has 1 atom stereocenters. The molecule has 1 saturated heterocycles. The van der Waals surface area contributed by atoms with E-state index in [1.54, 1.807) is 12.0 Å². The van der Waals surface area contributed by atoms with E-state index in [1.807, 2.05) is 20.8 Å². The predicted molar refractivity (Wildman–Crippen MR) is 110 cm³/mol. The van der Waals surface area contributed by atoms with Gasteiger partial charge in [0.05, 0.1) is 12.6 Å². The fourth-order valence-corrected chi connectivity index (χ4v) is 2.97. The van der Waals surface area contributed by atoms with E-state index in [1.165, 1.54) is 0 Å². The molecule has 7 nitrogen and oxygen atoms in total. The molecular weight excluding hydrogens is 435 g/mol. The first-order chi connectivity index (χ1) is 11.4. The number of rotatable bonds is 6. The Morgan fingerprint density at radius 1 is 1.28 bits per heavy atom. The Bertz CT molecular complexity index is 454. The number of carbonyl (C=O) groups excluding carboxylic acids is 1. The zero-order chi connectivity index (χ0) is 17.6. The largest absolute Gasteiger partial charge is 0.444 e. The van der Waals surface area contributed by atoms with Crippen LogP contribution in [0.4, 0.5) is 4.79 Å². The number of methoxy groups -OCH3 is 1. The maximum absolute atomic E-state index is 12.2. The molecule has 0 aromatic heterocycles. The lowest BCUT2D eigenvalue weighted by molar-refractivity contribution is 0.0137. The van der Waals surface area contributed by atoms with Gasteiger partial charge in [-0.2, -0.15) is 0 Å². The van der Waals surface area contributed by atoms with Crippen molar-refractivity contribution in [3.05, 3.63) is 0 Å². The summed E-state index contributed by atoms with van der Waals surface area (Å²) in [6.45, 7) is 10.4. The molecule has 0 aromatic carbocycles. The number of ether oxygens (including phenoxy) is 2. The fraction of sp³-hybridized carbons (Fsp3) is 0.882. The number of guanidine groups is 1. The lowest BCUT2D eigenvalue weighted by atomic mass is 10.2. The molecule has 1 fully saturated rings. The number of nitrogens with one attached hydrogen (secondary N) is 1. The summed E-state index contributed by atoms with van der Waals surface area (Å²) < 4.78 is 10.5. The third kappa shape index (κ3) is 7.16. The molecule has 2 heterocycles. The highest BCUT2D eigenvalue weighted by Crippen LogP contribution is 2.18.